The smallest absolute Gasteiger partial charge is 0.150 e. The van der Waals surface area contributed by atoms with E-state index in [0.29, 0.717) is 12.2 Å². The number of benzene rings is 1. The van der Waals surface area contributed by atoms with Gasteiger partial charge in [0.1, 0.15) is 19.0 Å². The van der Waals surface area contributed by atoms with Crippen LogP contribution < -0.4 is 4.74 Å². The molecule has 0 radical (unpaired) electrons. The van der Waals surface area contributed by atoms with Gasteiger partial charge in [-0.3, -0.25) is 0 Å². The predicted molar refractivity (Wildman–Crippen MR) is 79.9 cm³/mol. The Bertz CT molecular complexity index is 500. The van der Waals surface area contributed by atoms with Gasteiger partial charge in [-0.15, -0.1) is 0 Å². The summed E-state index contributed by atoms with van der Waals surface area (Å²) in [5.74, 6) is 0.870. The zero-order valence-electron chi connectivity index (χ0n) is 12.1. The molecule has 1 aromatic carbocycles. The standard InChI is InChI=1S/C15H23FO3S/c1-3-4-10-20(17,18)12-13(2)14-6-5-7-15(11-14)19-9-8-16/h5-7,11,13H,3-4,8-10,12H2,1-2H3/t13-/m0/s1. The first-order valence-electron chi connectivity index (χ1n) is 6.97. The second-order valence-corrected chi connectivity index (χ2v) is 7.21. The molecule has 0 saturated carbocycles. The van der Waals surface area contributed by atoms with Crippen molar-refractivity contribution in [3.63, 3.8) is 0 Å². The van der Waals surface area contributed by atoms with E-state index in [0.717, 1.165) is 12.0 Å². The molecule has 0 heterocycles. The molecule has 1 rings (SSSR count). The average Bonchev–Trinajstić information content (AvgIpc) is 2.43. The molecule has 0 amide bonds. The minimum absolute atomic E-state index is 0.0205. The van der Waals surface area contributed by atoms with Gasteiger partial charge in [-0.1, -0.05) is 32.4 Å². The number of hydrogen-bond acceptors (Lipinski definition) is 3. The average molecular weight is 302 g/mol. The molecule has 1 atom stereocenters. The summed E-state index contributed by atoms with van der Waals surface area (Å²) in [4.78, 5) is 0. The van der Waals surface area contributed by atoms with Crippen molar-refractivity contribution < 1.29 is 17.5 Å². The number of halogens is 1. The lowest BCUT2D eigenvalue weighted by Crippen LogP contribution is -2.16. The van der Waals surface area contributed by atoms with Gasteiger partial charge >= 0.3 is 0 Å². The first-order chi connectivity index (χ1) is 9.48. The van der Waals surface area contributed by atoms with Crippen LogP contribution in [0.15, 0.2) is 24.3 Å². The third kappa shape index (κ3) is 5.90. The van der Waals surface area contributed by atoms with Crippen molar-refractivity contribution in [2.24, 2.45) is 0 Å². The van der Waals surface area contributed by atoms with Gasteiger partial charge in [0, 0.05) is 0 Å². The number of hydrogen-bond donors (Lipinski definition) is 0. The molecular weight excluding hydrogens is 279 g/mol. The van der Waals surface area contributed by atoms with Crippen molar-refractivity contribution in [2.45, 2.75) is 32.6 Å². The molecule has 0 saturated heterocycles. The molecule has 0 aliphatic carbocycles. The summed E-state index contributed by atoms with van der Waals surface area (Å²) in [5.41, 5.74) is 0.904. The number of alkyl halides is 1. The van der Waals surface area contributed by atoms with E-state index in [1.165, 1.54) is 0 Å². The normalized spacial score (nSPS) is 13.2. The Morgan fingerprint density at radius 1 is 1.35 bits per heavy atom. The Morgan fingerprint density at radius 3 is 2.75 bits per heavy atom. The van der Waals surface area contributed by atoms with E-state index in [1.54, 1.807) is 18.2 Å². The van der Waals surface area contributed by atoms with Crippen LogP contribution >= 0.6 is 0 Å². The van der Waals surface area contributed by atoms with Gasteiger partial charge < -0.3 is 4.74 Å². The largest absolute Gasteiger partial charge is 0.491 e. The Hall–Kier alpha value is -1.10. The van der Waals surface area contributed by atoms with Crippen LogP contribution in [0.1, 0.15) is 38.2 Å². The van der Waals surface area contributed by atoms with Crippen molar-refractivity contribution >= 4 is 9.84 Å². The maximum absolute atomic E-state index is 12.1. The van der Waals surface area contributed by atoms with E-state index in [-0.39, 0.29) is 24.0 Å². The van der Waals surface area contributed by atoms with Gasteiger partial charge in [-0.2, -0.15) is 0 Å². The summed E-state index contributed by atoms with van der Waals surface area (Å²) in [6.45, 7) is 3.35. The van der Waals surface area contributed by atoms with Gasteiger partial charge in [0.25, 0.3) is 0 Å². The minimum Gasteiger partial charge on any atom is -0.491 e. The van der Waals surface area contributed by atoms with Gasteiger partial charge in [-0.25, -0.2) is 12.8 Å². The molecule has 0 aromatic heterocycles. The van der Waals surface area contributed by atoms with Crippen LogP contribution in [-0.4, -0.2) is 33.2 Å². The molecule has 0 bridgehead atoms. The Balaban J connectivity index is 2.69. The summed E-state index contributed by atoms with van der Waals surface area (Å²) in [6.07, 6.45) is 1.58. The van der Waals surface area contributed by atoms with Crippen molar-refractivity contribution in [2.75, 3.05) is 24.8 Å². The van der Waals surface area contributed by atoms with Crippen molar-refractivity contribution in [3.8, 4) is 5.75 Å². The number of sulfone groups is 1. The third-order valence-corrected chi connectivity index (χ3v) is 5.00. The Kier molecular flexibility index (Phi) is 6.99. The molecule has 0 N–H and O–H groups in total. The highest BCUT2D eigenvalue weighted by atomic mass is 32.2. The summed E-state index contributed by atoms with van der Waals surface area (Å²) < 4.78 is 41.2. The van der Waals surface area contributed by atoms with Crippen molar-refractivity contribution in [3.05, 3.63) is 29.8 Å². The molecule has 5 heteroatoms. The summed E-state index contributed by atoms with van der Waals surface area (Å²) in [7, 11) is -3.02. The van der Waals surface area contributed by atoms with Crippen LogP contribution in [0.3, 0.4) is 0 Å². The van der Waals surface area contributed by atoms with Crippen LogP contribution in [0.2, 0.25) is 0 Å². The van der Waals surface area contributed by atoms with E-state index in [4.69, 9.17) is 4.74 Å². The fourth-order valence-corrected chi connectivity index (χ4v) is 3.84. The second-order valence-electron chi connectivity index (χ2n) is 4.98. The third-order valence-electron chi connectivity index (χ3n) is 3.09. The number of rotatable bonds is 9. The Labute approximate surface area is 121 Å². The summed E-state index contributed by atoms with van der Waals surface area (Å²) in [6, 6.07) is 7.22. The van der Waals surface area contributed by atoms with Gasteiger partial charge in [0.05, 0.1) is 11.5 Å². The highest BCUT2D eigenvalue weighted by molar-refractivity contribution is 7.91. The maximum Gasteiger partial charge on any atom is 0.150 e. The van der Waals surface area contributed by atoms with Crippen LogP contribution in [0, 0.1) is 0 Å². The van der Waals surface area contributed by atoms with Crippen LogP contribution in [0.25, 0.3) is 0 Å². The summed E-state index contributed by atoms with van der Waals surface area (Å²) in [5, 5.41) is 0. The van der Waals surface area contributed by atoms with E-state index in [1.807, 2.05) is 19.9 Å². The van der Waals surface area contributed by atoms with Crippen LogP contribution in [-0.2, 0) is 9.84 Å². The van der Waals surface area contributed by atoms with Crippen LogP contribution in [0.5, 0.6) is 5.75 Å². The first-order valence-corrected chi connectivity index (χ1v) is 8.79. The molecule has 0 fully saturated rings. The van der Waals surface area contributed by atoms with Gasteiger partial charge in [0.2, 0.25) is 0 Å². The molecular formula is C15H23FO3S. The molecule has 0 aliphatic heterocycles. The molecule has 0 aliphatic rings. The number of ether oxygens (including phenoxy) is 1. The van der Waals surface area contributed by atoms with Crippen molar-refractivity contribution in [1.82, 2.24) is 0 Å². The highest BCUT2D eigenvalue weighted by Crippen LogP contribution is 2.22. The minimum atomic E-state index is -3.02. The molecule has 3 nitrogen and oxygen atoms in total. The monoisotopic (exact) mass is 302 g/mol. The zero-order chi connectivity index (χ0) is 15.0. The van der Waals surface area contributed by atoms with E-state index < -0.39 is 16.5 Å². The molecule has 114 valence electrons. The summed E-state index contributed by atoms with van der Waals surface area (Å²) >= 11 is 0. The van der Waals surface area contributed by atoms with Gasteiger partial charge in [0.15, 0.2) is 9.84 Å². The topological polar surface area (TPSA) is 43.4 Å². The fourth-order valence-electron chi connectivity index (χ4n) is 1.99. The number of unbranched alkanes of at least 4 members (excludes halogenated alkanes) is 1. The molecule has 0 unspecified atom stereocenters. The fraction of sp³-hybridized carbons (Fsp3) is 0.600. The first kappa shape index (κ1) is 17.0. The lowest BCUT2D eigenvalue weighted by molar-refractivity contribution is 0.273. The Morgan fingerprint density at radius 2 is 2.10 bits per heavy atom. The van der Waals surface area contributed by atoms with Gasteiger partial charge in [-0.05, 0) is 30.0 Å². The molecule has 1 aromatic rings. The van der Waals surface area contributed by atoms with E-state index >= 15 is 0 Å². The maximum atomic E-state index is 12.1. The van der Waals surface area contributed by atoms with E-state index in [2.05, 4.69) is 0 Å². The lowest BCUT2D eigenvalue weighted by atomic mass is 10.0. The van der Waals surface area contributed by atoms with Crippen molar-refractivity contribution in [1.29, 1.82) is 0 Å². The zero-order valence-corrected chi connectivity index (χ0v) is 13.0. The highest BCUT2D eigenvalue weighted by Gasteiger charge is 2.17. The molecule has 20 heavy (non-hydrogen) atoms. The van der Waals surface area contributed by atoms with E-state index in [9.17, 15) is 12.8 Å². The van der Waals surface area contributed by atoms with Crippen LogP contribution in [0.4, 0.5) is 4.39 Å². The second kappa shape index (κ2) is 8.25. The SMILES string of the molecule is CCCCS(=O)(=O)C[C@H](C)c1cccc(OCCF)c1. The quantitative estimate of drug-likeness (QED) is 0.702. The molecule has 0 spiro atoms. The predicted octanol–water partition coefficient (Wildman–Crippen LogP) is 3.35. The lowest BCUT2D eigenvalue weighted by Gasteiger charge is -2.14.